The molecule has 0 unspecified atom stereocenters. The molecule has 0 amide bonds. The van der Waals surface area contributed by atoms with Gasteiger partial charge < -0.3 is 0 Å². The summed E-state index contributed by atoms with van der Waals surface area (Å²) >= 11 is -0.736. The molecule has 0 saturated heterocycles. The Morgan fingerprint density at radius 2 is 0.684 bits per heavy atom. The molecule has 0 radical (unpaired) electrons. The zero-order valence-corrected chi connectivity index (χ0v) is 14.7. The molecule has 1 heteroatoms. The summed E-state index contributed by atoms with van der Waals surface area (Å²) < 4.78 is 2.41. The van der Waals surface area contributed by atoms with Crippen LogP contribution in [0.3, 0.4) is 0 Å². The third kappa shape index (κ3) is 2.44. The Labute approximate surface area is 125 Å². The second-order valence-electron chi connectivity index (χ2n) is 9.02. The van der Waals surface area contributed by atoms with Crippen LogP contribution < -0.4 is 0 Å². The fraction of sp³-hybridized carbons (Fsp3) is 1.00. The van der Waals surface area contributed by atoms with Crippen LogP contribution in [0, 0.1) is 0 Å². The van der Waals surface area contributed by atoms with Crippen molar-refractivity contribution in [2.45, 2.75) is 111 Å². The molecule has 0 bridgehead atoms. The Kier molecular flexibility index (Phi) is 3.86. The standard InChI is InChI=1S/3C6H11.Al/c3*1-6-4-2-3-5-6;/h3*2-5H2,1H3;. The number of hydrogen-bond acceptors (Lipinski definition) is 0. The van der Waals surface area contributed by atoms with E-state index in [4.69, 9.17) is 0 Å². The summed E-state index contributed by atoms with van der Waals surface area (Å²) in [6, 6.07) is 0. The zero-order valence-electron chi connectivity index (χ0n) is 13.6. The van der Waals surface area contributed by atoms with Crippen molar-refractivity contribution >= 4 is 14.1 Å². The van der Waals surface area contributed by atoms with Gasteiger partial charge in [-0.15, -0.1) is 0 Å². The molecule has 3 saturated carbocycles. The van der Waals surface area contributed by atoms with Crippen molar-refractivity contribution in [3.63, 3.8) is 0 Å². The van der Waals surface area contributed by atoms with E-state index in [0.717, 1.165) is 12.8 Å². The van der Waals surface area contributed by atoms with Crippen LogP contribution in [-0.4, -0.2) is 14.1 Å². The molecule has 0 aromatic heterocycles. The summed E-state index contributed by atoms with van der Waals surface area (Å²) in [5.74, 6) is 0. The zero-order chi connectivity index (χ0) is 13.6. The van der Waals surface area contributed by atoms with E-state index in [2.05, 4.69) is 20.8 Å². The van der Waals surface area contributed by atoms with Crippen molar-refractivity contribution in [3.8, 4) is 0 Å². The summed E-state index contributed by atoms with van der Waals surface area (Å²) in [4.78, 5) is 0. The predicted octanol–water partition coefficient (Wildman–Crippen LogP) is 6.48. The minimum absolute atomic E-state index is 0.736. The highest BCUT2D eigenvalue weighted by molar-refractivity contribution is 6.69. The van der Waals surface area contributed by atoms with Crippen molar-refractivity contribution in [3.05, 3.63) is 0 Å². The highest BCUT2D eigenvalue weighted by Gasteiger charge is 2.60. The molecule has 3 aliphatic rings. The molecule has 0 N–H and O–H groups in total. The lowest BCUT2D eigenvalue weighted by Gasteiger charge is -2.49. The minimum atomic E-state index is -0.736. The monoisotopic (exact) mass is 276 g/mol. The van der Waals surface area contributed by atoms with E-state index in [9.17, 15) is 0 Å². The van der Waals surface area contributed by atoms with Crippen molar-refractivity contribution in [1.82, 2.24) is 0 Å². The maximum atomic E-state index is 2.73. The Balaban J connectivity index is 1.95. The number of hydrogen-bond donors (Lipinski definition) is 0. The van der Waals surface area contributed by atoms with Gasteiger partial charge in [0.05, 0.1) is 0 Å². The molecule has 108 valence electrons. The highest BCUT2D eigenvalue weighted by atomic mass is 27.2. The van der Waals surface area contributed by atoms with Crippen LogP contribution in [0.4, 0.5) is 0 Å². The molecule has 3 aliphatic carbocycles. The fourth-order valence-corrected chi connectivity index (χ4v) is 14.9. The Morgan fingerprint density at radius 3 is 0.895 bits per heavy atom. The molecule has 0 aliphatic heterocycles. The van der Waals surface area contributed by atoms with E-state index in [1.54, 1.807) is 38.5 Å². The Bertz CT molecular complexity index is 262. The second kappa shape index (κ2) is 5.07. The van der Waals surface area contributed by atoms with Crippen LogP contribution in [0.15, 0.2) is 0 Å². The first-order valence-electron chi connectivity index (χ1n) is 8.99. The largest absolute Gasteiger partial charge is 0.282 e. The van der Waals surface area contributed by atoms with Crippen LogP contribution in [0.5, 0.6) is 0 Å². The van der Waals surface area contributed by atoms with Crippen molar-refractivity contribution in [2.75, 3.05) is 0 Å². The lowest BCUT2D eigenvalue weighted by Crippen LogP contribution is -2.46. The molecule has 3 rings (SSSR count). The van der Waals surface area contributed by atoms with E-state index in [1.165, 1.54) is 38.5 Å². The van der Waals surface area contributed by atoms with Gasteiger partial charge in [0, 0.05) is 0 Å². The average Bonchev–Trinajstić information content (AvgIpc) is 3.03. The second-order valence-corrected chi connectivity index (χ2v) is 14.1. The Hall–Kier alpha value is 0.532. The van der Waals surface area contributed by atoms with E-state index < -0.39 is 14.1 Å². The minimum Gasteiger partial charge on any atom is -0.0725 e. The van der Waals surface area contributed by atoms with E-state index in [1.807, 2.05) is 0 Å². The highest BCUT2D eigenvalue weighted by Crippen LogP contribution is 2.68. The predicted molar refractivity (Wildman–Crippen MR) is 86.3 cm³/mol. The summed E-state index contributed by atoms with van der Waals surface area (Å²) in [6.07, 6.45) is 18.7. The van der Waals surface area contributed by atoms with Gasteiger partial charge in [-0.3, -0.25) is 0 Å². The topological polar surface area (TPSA) is 0 Å². The van der Waals surface area contributed by atoms with Gasteiger partial charge in [0.1, 0.15) is 0 Å². The van der Waals surface area contributed by atoms with Gasteiger partial charge in [0.25, 0.3) is 14.1 Å². The molecule has 0 aromatic carbocycles. The maximum Gasteiger partial charge on any atom is 0.282 e. The van der Waals surface area contributed by atoms with Gasteiger partial charge in [-0.05, 0) is 0 Å². The first-order chi connectivity index (χ1) is 8.99. The summed E-state index contributed by atoms with van der Waals surface area (Å²) in [5.41, 5.74) is 0. The van der Waals surface area contributed by atoms with E-state index in [-0.39, 0.29) is 0 Å². The SMILES string of the molecule is C[C]1([Al]([C]2(C)CCCC2)[C]2(C)CCCC2)CCCC1. The normalized spacial score (nSPS) is 31.7. The van der Waals surface area contributed by atoms with Crippen molar-refractivity contribution in [2.24, 2.45) is 0 Å². The molecular formula is C18H33Al. The van der Waals surface area contributed by atoms with Gasteiger partial charge in [0.15, 0.2) is 0 Å². The summed E-state index contributed by atoms with van der Waals surface area (Å²) in [6.45, 7) is 8.18. The Morgan fingerprint density at radius 1 is 0.474 bits per heavy atom. The van der Waals surface area contributed by atoms with Crippen LogP contribution in [0.1, 0.15) is 97.8 Å². The third-order valence-corrected chi connectivity index (χ3v) is 13.2. The van der Waals surface area contributed by atoms with Gasteiger partial charge in [-0.25, -0.2) is 0 Å². The quantitative estimate of drug-likeness (QED) is 0.517. The molecule has 0 aromatic rings. The smallest absolute Gasteiger partial charge is 0.0725 e. The van der Waals surface area contributed by atoms with Gasteiger partial charge in [-0.1, -0.05) is 111 Å². The van der Waals surface area contributed by atoms with Gasteiger partial charge in [0.2, 0.25) is 0 Å². The molecule has 3 fully saturated rings. The van der Waals surface area contributed by atoms with Crippen LogP contribution in [-0.2, 0) is 0 Å². The summed E-state index contributed by atoms with van der Waals surface area (Å²) in [5, 5.41) is 0. The molecule has 0 nitrogen and oxygen atoms in total. The first kappa shape index (κ1) is 14.5. The lowest BCUT2D eigenvalue weighted by atomic mass is 10.1. The number of rotatable bonds is 3. The fourth-order valence-electron chi connectivity index (χ4n) is 6.94. The van der Waals surface area contributed by atoms with Crippen LogP contribution in [0.25, 0.3) is 0 Å². The lowest BCUT2D eigenvalue weighted by molar-refractivity contribution is 0.466. The summed E-state index contributed by atoms with van der Waals surface area (Å²) in [7, 11) is 0. The van der Waals surface area contributed by atoms with Gasteiger partial charge >= 0.3 is 0 Å². The van der Waals surface area contributed by atoms with Crippen LogP contribution >= 0.6 is 0 Å². The maximum absolute atomic E-state index is 2.73. The first-order valence-corrected chi connectivity index (χ1v) is 10.7. The molecule has 0 spiro atoms. The van der Waals surface area contributed by atoms with Crippen molar-refractivity contribution < 1.29 is 0 Å². The molecular weight excluding hydrogens is 243 g/mol. The van der Waals surface area contributed by atoms with E-state index in [0.29, 0.717) is 0 Å². The third-order valence-electron chi connectivity index (χ3n) is 7.33. The molecule has 0 atom stereocenters. The van der Waals surface area contributed by atoms with Crippen LogP contribution in [0.2, 0.25) is 12.8 Å². The van der Waals surface area contributed by atoms with Crippen molar-refractivity contribution in [1.29, 1.82) is 0 Å². The molecule has 19 heavy (non-hydrogen) atoms. The molecule has 0 heterocycles. The van der Waals surface area contributed by atoms with Gasteiger partial charge in [-0.2, -0.15) is 0 Å². The average molecular weight is 276 g/mol. The van der Waals surface area contributed by atoms with E-state index >= 15 is 0 Å².